The van der Waals surface area contributed by atoms with E-state index in [1.165, 1.54) is 5.56 Å². The molecule has 0 spiro atoms. The molecule has 2 aliphatic heterocycles. The maximum absolute atomic E-state index is 12.9. The van der Waals surface area contributed by atoms with E-state index in [-0.39, 0.29) is 0 Å². The van der Waals surface area contributed by atoms with Crippen molar-refractivity contribution in [1.29, 1.82) is 0 Å². The molecule has 0 aliphatic carbocycles. The minimum Gasteiger partial charge on any atom is -0.493 e. The second-order valence-electron chi connectivity index (χ2n) is 6.91. The SMILES string of the molecule is O=S(=O)(c1ccc2c(c1)CCO2)N1CCC(Cc2ccccc2)CC1. The van der Waals surface area contributed by atoms with Crippen LogP contribution >= 0.6 is 0 Å². The number of hydrogen-bond acceptors (Lipinski definition) is 3. The Morgan fingerprint density at radius 3 is 2.56 bits per heavy atom. The molecule has 0 radical (unpaired) electrons. The number of fused-ring (bicyclic) bond motifs is 1. The van der Waals surface area contributed by atoms with Crippen LogP contribution in [0.4, 0.5) is 0 Å². The van der Waals surface area contributed by atoms with Gasteiger partial charge in [-0.15, -0.1) is 0 Å². The zero-order valence-electron chi connectivity index (χ0n) is 14.2. The van der Waals surface area contributed by atoms with Crippen LogP contribution in [0.15, 0.2) is 53.4 Å². The van der Waals surface area contributed by atoms with Gasteiger partial charge in [-0.05, 0) is 54.5 Å². The lowest BCUT2D eigenvalue weighted by Gasteiger charge is -2.31. The second kappa shape index (κ2) is 6.81. The zero-order chi connectivity index (χ0) is 17.3. The summed E-state index contributed by atoms with van der Waals surface area (Å²) < 4.78 is 33.0. The van der Waals surface area contributed by atoms with E-state index in [0.717, 1.165) is 37.0 Å². The van der Waals surface area contributed by atoms with Crippen molar-refractivity contribution < 1.29 is 13.2 Å². The van der Waals surface area contributed by atoms with Gasteiger partial charge >= 0.3 is 0 Å². The van der Waals surface area contributed by atoms with Gasteiger partial charge in [-0.3, -0.25) is 0 Å². The number of piperidine rings is 1. The topological polar surface area (TPSA) is 46.6 Å². The number of ether oxygens (including phenoxy) is 1. The number of rotatable bonds is 4. The van der Waals surface area contributed by atoms with Crippen LogP contribution in [-0.4, -0.2) is 32.4 Å². The highest BCUT2D eigenvalue weighted by molar-refractivity contribution is 7.89. The van der Waals surface area contributed by atoms with Crippen molar-refractivity contribution in [2.24, 2.45) is 5.92 Å². The van der Waals surface area contributed by atoms with Gasteiger partial charge in [0.15, 0.2) is 0 Å². The quantitative estimate of drug-likeness (QED) is 0.844. The van der Waals surface area contributed by atoms with E-state index >= 15 is 0 Å². The van der Waals surface area contributed by atoms with Crippen LogP contribution in [0.3, 0.4) is 0 Å². The smallest absolute Gasteiger partial charge is 0.243 e. The van der Waals surface area contributed by atoms with Gasteiger partial charge in [0.25, 0.3) is 0 Å². The Morgan fingerprint density at radius 1 is 1.04 bits per heavy atom. The van der Waals surface area contributed by atoms with Crippen molar-refractivity contribution in [3.05, 3.63) is 59.7 Å². The minimum absolute atomic E-state index is 0.401. The fraction of sp³-hybridized carbons (Fsp3) is 0.400. The van der Waals surface area contributed by atoms with Gasteiger partial charge in [0.2, 0.25) is 10.0 Å². The van der Waals surface area contributed by atoms with Crippen LogP contribution in [-0.2, 0) is 22.9 Å². The van der Waals surface area contributed by atoms with E-state index in [1.54, 1.807) is 22.5 Å². The molecule has 0 saturated carbocycles. The van der Waals surface area contributed by atoms with Crippen LogP contribution < -0.4 is 4.74 Å². The molecule has 0 atom stereocenters. The first-order valence-electron chi connectivity index (χ1n) is 8.93. The molecule has 2 aromatic carbocycles. The van der Waals surface area contributed by atoms with E-state index in [9.17, 15) is 8.42 Å². The van der Waals surface area contributed by atoms with Gasteiger partial charge in [-0.25, -0.2) is 8.42 Å². The van der Waals surface area contributed by atoms with Gasteiger partial charge in [0.05, 0.1) is 11.5 Å². The highest BCUT2D eigenvalue weighted by atomic mass is 32.2. The molecular formula is C20H23NO3S. The van der Waals surface area contributed by atoms with Gasteiger partial charge in [-0.1, -0.05) is 30.3 Å². The van der Waals surface area contributed by atoms with Crippen LogP contribution in [0.25, 0.3) is 0 Å². The lowest BCUT2D eigenvalue weighted by molar-refractivity contribution is 0.273. The maximum atomic E-state index is 12.9. The van der Waals surface area contributed by atoms with Crippen LogP contribution in [0.2, 0.25) is 0 Å². The summed E-state index contributed by atoms with van der Waals surface area (Å²) in [5.74, 6) is 1.38. The van der Waals surface area contributed by atoms with E-state index < -0.39 is 10.0 Å². The summed E-state index contributed by atoms with van der Waals surface area (Å²) in [6, 6.07) is 15.7. The first-order valence-corrected chi connectivity index (χ1v) is 10.4. The van der Waals surface area contributed by atoms with E-state index in [2.05, 4.69) is 24.3 Å². The first kappa shape index (κ1) is 16.6. The Balaban J connectivity index is 1.43. The molecule has 1 saturated heterocycles. The van der Waals surface area contributed by atoms with E-state index in [1.807, 2.05) is 6.07 Å². The fourth-order valence-electron chi connectivity index (χ4n) is 3.77. The van der Waals surface area contributed by atoms with Gasteiger partial charge < -0.3 is 4.74 Å². The van der Waals surface area contributed by atoms with Crippen molar-refractivity contribution in [1.82, 2.24) is 4.31 Å². The normalized spacial score (nSPS) is 18.7. The van der Waals surface area contributed by atoms with Gasteiger partial charge in [0.1, 0.15) is 5.75 Å². The number of sulfonamides is 1. The monoisotopic (exact) mass is 357 g/mol. The molecule has 4 nitrogen and oxygen atoms in total. The molecule has 25 heavy (non-hydrogen) atoms. The summed E-state index contributed by atoms with van der Waals surface area (Å²) in [6.07, 6.45) is 3.66. The first-order chi connectivity index (χ1) is 12.1. The van der Waals surface area contributed by atoms with Crippen molar-refractivity contribution in [2.45, 2.75) is 30.6 Å². The third-order valence-electron chi connectivity index (χ3n) is 5.24. The molecule has 2 aliphatic rings. The van der Waals surface area contributed by atoms with Crippen LogP contribution in [0.5, 0.6) is 5.75 Å². The molecule has 0 unspecified atom stereocenters. The van der Waals surface area contributed by atoms with Gasteiger partial charge in [0, 0.05) is 19.5 Å². The van der Waals surface area contributed by atoms with Crippen molar-refractivity contribution >= 4 is 10.0 Å². The predicted octanol–water partition coefficient (Wildman–Crippen LogP) is 3.26. The van der Waals surface area contributed by atoms with E-state index in [4.69, 9.17) is 4.74 Å². The third-order valence-corrected chi connectivity index (χ3v) is 7.13. The molecule has 0 bridgehead atoms. The van der Waals surface area contributed by atoms with Crippen molar-refractivity contribution in [2.75, 3.05) is 19.7 Å². The Kier molecular flexibility index (Phi) is 4.52. The highest BCUT2D eigenvalue weighted by Gasteiger charge is 2.30. The molecule has 4 rings (SSSR count). The Bertz CT molecular complexity index is 840. The molecule has 0 N–H and O–H groups in total. The average molecular weight is 357 g/mol. The van der Waals surface area contributed by atoms with Crippen molar-refractivity contribution in [3.8, 4) is 5.75 Å². The second-order valence-corrected chi connectivity index (χ2v) is 8.84. The summed E-state index contributed by atoms with van der Waals surface area (Å²) in [6.45, 7) is 1.85. The van der Waals surface area contributed by atoms with Gasteiger partial charge in [-0.2, -0.15) is 4.31 Å². The predicted molar refractivity (Wildman–Crippen MR) is 97.3 cm³/mol. The standard InChI is InChI=1S/C20H23NO3S/c22-25(23,19-6-7-20-18(15-19)10-13-24-20)21-11-8-17(9-12-21)14-16-4-2-1-3-5-16/h1-7,15,17H,8-14H2. The number of benzene rings is 2. The summed E-state index contributed by atoms with van der Waals surface area (Å²) in [7, 11) is -3.40. The maximum Gasteiger partial charge on any atom is 0.243 e. The Labute approximate surface area is 149 Å². The molecule has 0 aromatic heterocycles. The van der Waals surface area contributed by atoms with Crippen molar-refractivity contribution in [3.63, 3.8) is 0 Å². The summed E-state index contributed by atoms with van der Waals surface area (Å²) in [4.78, 5) is 0.401. The summed E-state index contributed by atoms with van der Waals surface area (Å²) >= 11 is 0. The Morgan fingerprint density at radius 2 is 1.80 bits per heavy atom. The molecule has 1 fully saturated rings. The average Bonchev–Trinajstić information content (AvgIpc) is 3.11. The Hall–Kier alpha value is -1.85. The number of hydrogen-bond donors (Lipinski definition) is 0. The van der Waals surface area contributed by atoms with Crippen LogP contribution in [0, 0.1) is 5.92 Å². The largest absolute Gasteiger partial charge is 0.493 e. The molecule has 132 valence electrons. The van der Waals surface area contributed by atoms with Crippen LogP contribution in [0.1, 0.15) is 24.0 Å². The highest BCUT2D eigenvalue weighted by Crippen LogP contribution is 2.31. The zero-order valence-corrected chi connectivity index (χ0v) is 15.0. The molecule has 0 amide bonds. The fourth-order valence-corrected chi connectivity index (χ4v) is 5.29. The van der Waals surface area contributed by atoms with E-state index in [0.29, 0.717) is 30.5 Å². The molecular weight excluding hydrogens is 334 g/mol. The minimum atomic E-state index is -3.40. The summed E-state index contributed by atoms with van der Waals surface area (Å²) in [5, 5.41) is 0. The lowest BCUT2D eigenvalue weighted by Crippen LogP contribution is -2.38. The third kappa shape index (κ3) is 3.44. The number of nitrogens with zero attached hydrogens (tertiary/aromatic N) is 1. The molecule has 5 heteroatoms. The lowest BCUT2D eigenvalue weighted by atomic mass is 9.91. The molecule has 2 aromatic rings. The molecule has 2 heterocycles. The summed E-state index contributed by atoms with van der Waals surface area (Å²) in [5.41, 5.74) is 2.34.